The van der Waals surface area contributed by atoms with Gasteiger partial charge in [-0.2, -0.15) is 0 Å². The number of amides is 1. The van der Waals surface area contributed by atoms with Crippen LogP contribution in [-0.4, -0.2) is 34.0 Å². The first-order valence-electron chi connectivity index (χ1n) is 7.39. The highest BCUT2D eigenvalue weighted by Crippen LogP contribution is 2.22. The molecule has 6 nitrogen and oxygen atoms in total. The second-order valence-corrected chi connectivity index (χ2v) is 5.96. The summed E-state index contributed by atoms with van der Waals surface area (Å²) in [5, 5.41) is 9.82. The maximum Gasteiger partial charge on any atom is 0.234 e. The van der Waals surface area contributed by atoms with E-state index in [2.05, 4.69) is 20.5 Å². The first kappa shape index (κ1) is 17.0. The molecule has 8 heteroatoms. The summed E-state index contributed by atoms with van der Waals surface area (Å²) in [7, 11) is 1.56. The van der Waals surface area contributed by atoms with Gasteiger partial charge in [0, 0.05) is 11.8 Å². The van der Waals surface area contributed by atoms with E-state index in [0.29, 0.717) is 28.0 Å². The zero-order chi connectivity index (χ0) is 17.6. The molecule has 1 heterocycles. The summed E-state index contributed by atoms with van der Waals surface area (Å²) >= 11 is 1.16. The number of ether oxygens (including phenoxy) is 1. The number of methoxy groups -OCH3 is 1. The molecule has 3 aromatic rings. The van der Waals surface area contributed by atoms with Gasteiger partial charge in [-0.1, -0.05) is 30.0 Å². The van der Waals surface area contributed by atoms with Gasteiger partial charge >= 0.3 is 0 Å². The van der Waals surface area contributed by atoms with Crippen LogP contribution in [0.1, 0.15) is 0 Å². The Morgan fingerprint density at radius 2 is 2.12 bits per heavy atom. The van der Waals surface area contributed by atoms with Crippen LogP contribution in [0.25, 0.3) is 11.4 Å². The van der Waals surface area contributed by atoms with E-state index in [1.165, 1.54) is 6.07 Å². The molecule has 0 bridgehead atoms. The van der Waals surface area contributed by atoms with Crippen molar-refractivity contribution in [2.45, 2.75) is 5.16 Å². The molecule has 0 saturated carbocycles. The second-order valence-electron chi connectivity index (χ2n) is 5.02. The molecule has 0 aliphatic rings. The Balaban J connectivity index is 1.58. The minimum Gasteiger partial charge on any atom is -0.497 e. The molecule has 0 atom stereocenters. The van der Waals surface area contributed by atoms with Crippen LogP contribution in [0.5, 0.6) is 5.75 Å². The Hall–Kier alpha value is -2.87. The van der Waals surface area contributed by atoms with Crippen LogP contribution in [0.15, 0.2) is 53.7 Å². The average molecular weight is 358 g/mol. The molecule has 1 amide bonds. The van der Waals surface area contributed by atoms with Gasteiger partial charge in [0.2, 0.25) is 11.1 Å². The smallest absolute Gasteiger partial charge is 0.234 e. The van der Waals surface area contributed by atoms with Gasteiger partial charge in [-0.05, 0) is 24.3 Å². The highest BCUT2D eigenvalue weighted by Gasteiger charge is 2.12. The molecule has 0 fully saturated rings. The summed E-state index contributed by atoms with van der Waals surface area (Å²) in [4.78, 5) is 16.2. The van der Waals surface area contributed by atoms with Crippen LogP contribution in [0.4, 0.5) is 10.1 Å². The monoisotopic (exact) mass is 358 g/mol. The number of aromatic amines is 1. The SMILES string of the molecule is COc1cccc(NC(=O)CSc2n[nH]c(-c3ccccc3F)n2)c1. The molecule has 0 aliphatic heterocycles. The quantitative estimate of drug-likeness (QED) is 0.661. The van der Waals surface area contributed by atoms with E-state index in [1.807, 2.05) is 0 Å². The predicted octanol–water partition coefficient (Wildman–Crippen LogP) is 3.35. The molecule has 1 aromatic heterocycles. The zero-order valence-electron chi connectivity index (χ0n) is 13.3. The summed E-state index contributed by atoms with van der Waals surface area (Å²) in [5.74, 6) is 0.537. The van der Waals surface area contributed by atoms with Crippen molar-refractivity contribution < 1.29 is 13.9 Å². The number of nitrogens with one attached hydrogen (secondary N) is 2. The number of carbonyl (C=O) groups excluding carboxylic acids is 1. The van der Waals surface area contributed by atoms with Crippen molar-refractivity contribution in [3.05, 3.63) is 54.3 Å². The molecule has 0 radical (unpaired) electrons. The van der Waals surface area contributed by atoms with Crippen molar-refractivity contribution in [3.63, 3.8) is 0 Å². The topological polar surface area (TPSA) is 79.9 Å². The van der Waals surface area contributed by atoms with Gasteiger partial charge in [0.05, 0.1) is 18.4 Å². The van der Waals surface area contributed by atoms with Crippen LogP contribution >= 0.6 is 11.8 Å². The van der Waals surface area contributed by atoms with E-state index < -0.39 is 0 Å². The highest BCUT2D eigenvalue weighted by molar-refractivity contribution is 7.99. The second kappa shape index (κ2) is 7.80. The number of halogens is 1. The van der Waals surface area contributed by atoms with E-state index in [4.69, 9.17) is 4.74 Å². The Morgan fingerprint density at radius 3 is 2.92 bits per heavy atom. The Labute approximate surface area is 147 Å². The fourth-order valence-corrected chi connectivity index (χ4v) is 2.71. The van der Waals surface area contributed by atoms with E-state index in [1.54, 1.807) is 49.6 Å². The minimum atomic E-state index is -0.383. The lowest BCUT2D eigenvalue weighted by molar-refractivity contribution is -0.113. The lowest BCUT2D eigenvalue weighted by Crippen LogP contribution is -2.14. The number of hydrogen-bond acceptors (Lipinski definition) is 5. The Kier molecular flexibility index (Phi) is 5.30. The lowest BCUT2D eigenvalue weighted by Gasteiger charge is -2.06. The fraction of sp³-hybridized carbons (Fsp3) is 0.118. The number of nitrogens with zero attached hydrogens (tertiary/aromatic N) is 2. The van der Waals surface area contributed by atoms with Crippen molar-refractivity contribution >= 4 is 23.4 Å². The third-order valence-corrected chi connectivity index (χ3v) is 4.13. The summed E-state index contributed by atoms with van der Waals surface area (Å²) in [6.45, 7) is 0. The molecule has 25 heavy (non-hydrogen) atoms. The standard InChI is InChI=1S/C17H15FN4O2S/c1-24-12-6-4-5-11(9-12)19-15(23)10-25-17-20-16(21-22-17)13-7-2-3-8-14(13)18/h2-9H,10H2,1H3,(H,19,23)(H,20,21,22). The number of hydrogen-bond donors (Lipinski definition) is 2. The summed E-state index contributed by atoms with van der Waals surface area (Å²) in [6.07, 6.45) is 0. The third kappa shape index (κ3) is 4.36. The number of thioether (sulfide) groups is 1. The molecule has 2 N–H and O–H groups in total. The fourth-order valence-electron chi connectivity index (χ4n) is 2.11. The Bertz CT molecular complexity index is 884. The third-order valence-electron chi connectivity index (χ3n) is 3.28. The molecule has 0 saturated heterocycles. The molecule has 128 valence electrons. The van der Waals surface area contributed by atoms with Crippen LogP contribution in [-0.2, 0) is 4.79 Å². The minimum absolute atomic E-state index is 0.131. The molecule has 2 aromatic carbocycles. The van der Waals surface area contributed by atoms with E-state index in [9.17, 15) is 9.18 Å². The van der Waals surface area contributed by atoms with Crippen LogP contribution in [0.3, 0.4) is 0 Å². The highest BCUT2D eigenvalue weighted by atomic mass is 32.2. The van der Waals surface area contributed by atoms with Gasteiger partial charge in [0.25, 0.3) is 0 Å². The predicted molar refractivity (Wildman–Crippen MR) is 94.1 cm³/mol. The molecular formula is C17H15FN4O2S. The maximum absolute atomic E-state index is 13.7. The number of rotatable bonds is 6. The van der Waals surface area contributed by atoms with Crippen molar-refractivity contribution in [1.29, 1.82) is 0 Å². The maximum atomic E-state index is 13.7. The molecular weight excluding hydrogens is 343 g/mol. The van der Waals surface area contributed by atoms with Crippen molar-refractivity contribution in [2.75, 3.05) is 18.2 Å². The first-order valence-corrected chi connectivity index (χ1v) is 8.38. The number of carbonyl (C=O) groups is 1. The molecule has 0 aliphatic carbocycles. The van der Waals surface area contributed by atoms with Gasteiger partial charge in [-0.25, -0.2) is 9.37 Å². The first-order chi connectivity index (χ1) is 12.2. The van der Waals surface area contributed by atoms with E-state index in [0.717, 1.165) is 11.8 Å². The summed E-state index contributed by atoms with van der Waals surface area (Å²) in [5.41, 5.74) is 0.981. The number of H-pyrrole nitrogens is 1. The largest absolute Gasteiger partial charge is 0.497 e. The molecule has 0 spiro atoms. The molecule has 0 unspecified atom stereocenters. The molecule has 3 rings (SSSR count). The average Bonchev–Trinajstić information content (AvgIpc) is 3.09. The van der Waals surface area contributed by atoms with Crippen LogP contribution in [0.2, 0.25) is 0 Å². The van der Waals surface area contributed by atoms with Crippen molar-refractivity contribution in [2.24, 2.45) is 0 Å². The van der Waals surface area contributed by atoms with Gasteiger partial charge in [-0.15, -0.1) is 5.10 Å². The lowest BCUT2D eigenvalue weighted by atomic mass is 10.2. The van der Waals surface area contributed by atoms with E-state index in [-0.39, 0.29) is 17.5 Å². The number of aromatic nitrogens is 3. The summed E-state index contributed by atoms with van der Waals surface area (Å²) in [6, 6.07) is 13.4. The number of benzene rings is 2. The van der Waals surface area contributed by atoms with Gasteiger partial charge < -0.3 is 10.1 Å². The van der Waals surface area contributed by atoms with E-state index >= 15 is 0 Å². The van der Waals surface area contributed by atoms with Crippen LogP contribution in [0, 0.1) is 5.82 Å². The normalized spacial score (nSPS) is 10.5. The zero-order valence-corrected chi connectivity index (χ0v) is 14.1. The van der Waals surface area contributed by atoms with Crippen LogP contribution < -0.4 is 10.1 Å². The van der Waals surface area contributed by atoms with Gasteiger partial charge in [0.15, 0.2) is 5.82 Å². The Morgan fingerprint density at radius 1 is 1.28 bits per heavy atom. The van der Waals surface area contributed by atoms with Crippen molar-refractivity contribution in [3.8, 4) is 17.1 Å². The van der Waals surface area contributed by atoms with Crippen molar-refractivity contribution in [1.82, 2.24) is 15.2 Å². The van der Waals surface area contributed by atoms with Gasteiger partial charge in [-0.3, -0.25) is 9.89 Å². The number of anilines is 1. The summed E-state index contributed by atoms with van der Waals surface area (Å²) < 4.78 is 18.8. The van der Waals surface area contributed by atoms with Gasteiger partial charge in [0.1, 0.15) is 11.6 Å².